The average molecular weight is 272 g/mol. The van der Waals surface area contributed by atoms with Crippen molar-refractivity contribution >= 4 is 11.8 Å². The zero-order valence-corrected chi connectivity index (χ0v) is 13.9. The first-order chi connectivity index (χ1) is 8.46. The van der Waals surface area contributed by atoms with E-state index in [2.05, 4.69) is 39.3 Å². The van der Waals surface area contributed by atoms with Crippen molar-refractivity contribution in [1.82, 2.24) is 5.32 Å². The minimum absolute atomic E-state index is 0.270. The van der Waals surface area contributed by atoms with Gasteiger partial charge in [0.05, 0.1) is 0 Å². The minimum atomic E-state index is 0.270. The summed E-state index contributed by atoms with van der Waals surface area (Å²) >= 11 is 2.01. The summed E-state index contributed by atoms with van der Waals surface area (Å²) in [7, 11) is 0. The van der Waals surface area contributed by atoms with E-state index in [1.165, 1.54) is 44.4 Å². The number of hydrogen-bond acceptors (Lipinski definition) is 2. The average Bonchev–Trinajstić information content (AvgIpc) is 2.33. The Morgan fingerprint density at radius 2 is 1.89 bits per heavy atom. The summed E-state index contributed by atoms with van der Waals surface area (Å²) in [5.74, 6) is 4.22. The third-order valence-corrected chi connectivity index (χ3v) is 5.06. The van der Waals surface area contributed by atoms with Crippen LogP contribution in [0.2, 0.25) is 0 Å². The Morgan fingerprint density at radius 1 is 1.17 bits per heavy atom. The van der Waals surface area contributed by atoms with E-state index in [9.17, 15) is 0 Å². The molecule has 0 radical (unpaired) electrons. The standard InChI is InChI=1S/C16H33NS/c1-6-13-7-8-15(12-17-16(2,3)4)14(11-13)9-10-18-5/h13-15,17H,6-12H2,1-5H3. The highest BCUT2D eigenvalue weighted by atomic mass is 32.2. The van der Waals surface area contributed by atoms with E-state index < -0.39 is 0 Å². The van der Waals surface area contributed by atoms with Crippen LogP contribution in [0.1, 0.15) is 59.8 Å². The Hall–Kier alpha value is 0.310. The summed E-state index contributed by atoms with van der Waals surface area (Å²) in [4.78, 5) is 0. The van der Waals surface area contributed by atoms with Gasteiger partial charge in [-0.25, -0.2) is 0 Å². The van der Waals surface area contributed by atoms with Gasteiger partial charge in [-0.2, -0.15) is 11.8 Å². The van der Waals surface area contributed by atoms with Crippen LogP contribution in [0.25, 0.3) is 0 Å². The molecular formula is C16H33NS. The summed E-state index contributed by atoms with van der Waals surface area (Å²) in [6.45, 7) is 10.4. The molecule has 1 rings (SSSR count). The van der Waals surface area contributed by atoms with Crippen molar-refractivity contribution in [2.24, 2.45) is 17.8 Å². The lowest BCUT2D eigenvalue weighted by molar-refractivity contribution is 0.160. The molecule has 1 nitrogen and oxygen atoms in total. The second kappa shape index (κ2) is 7.79. The SMILES string of the molecule is CCC1CCC(CNC(C)(C)C)C(CCSC)C1. The molecular weight excluding hydrogens is 238 g/mol. The Morgan fingerprint density at radius 3 is 2.44 bits per heavy atom. The van der Waals surface area contributed by atoms with Gasteiger partial charge in [0.25, 0.3) is 0 Å². The van der Waals surface area contributed by atoms with Gasteiger partial charge in [0.1, 0.15) is 0 Å². The van der Waals surface area contributed by atoms with Crippen LogP contribution in [0.15, 0.2) is 0 Å². The van der Waals surface area contributed by atoms with Gasteiger partial charge in [-0.05, 0) is 76.3 Å². The van der Waals surface area contributed by atoms with Gasteiger partial charge in [-0.1, -0.05) is 19.8 Å². The Labute approximate surface area is 119 Å². The van der Waals surface area contributed by atoms with Crippen molar-refractivity contribution in [3.63, 3.8) is 0 Å². The maximum Gasteiger partial charge on any atom is 0.00966 e. The van der Waals surface area contributed by atoms with Crippen molar-refractivity contribution in [3.8, 4) is 0 Å². The van der Waals surface area contributed by atoms with Crippen molar-refractivity contribution in [1.29, 1.82) is 0 Å². The molecule has 2 heteroatoms. The van der Waals surface area contributed by atoms with Crippen LogP contribution in [0.3, 0.4) is 0 Å². The normalized spacial score (nSPS) is 29.5. The zero-order valence-electron chi connectivity index (χ0n) is 13.1. The predicted octanol–water partition coefficient (Wildman–Crippen LogP) is 4.57. The largest absolute Gasteiger partial charge is 0.312 e. The predicted molar refractivity (Wildman–Crippen MR) is 85.4 cm³/mol. The maximum absolute atomic E-state index is 3.72. The Bertz CT molecular complexity index is 222. The summed E-state index contributed by atoms with van der Waals surface area (Å²) in [5, 5.41) is 3.72. The van der Waals surface area contributed by atoms with Crippen molar-refractivity contribution in [2.45, 2.75) is 65.3 Å². The smallest absolute Gasteiger partial charge is 0.00966 e. The molecule has 3 atom stereocenters. The molecule has 0 bridgehead atoms. The Balaban J connectivity index is 2.46. The first kappa shape index (κ1) is 16.4. The van der Waals surface area contributed by atoms with Gasteiger partial charge in [-0.15, -0.1) is 0 Å². The number of rotatable bonds is 6. The van der Waals surface area contributed by atoms with Crippen LogP contribution in [-0.2, 0) is 0 Å². The van der Waals surface area contributed by atoms with Crippen LogP contribution in [0.4, 0.5) is 0 Å². The highest BCUT2D eigenvalue weighted by Gasteiger charge is 2.29. The molecule has 0 aliphatic heterocycles. The van der Waals surface area contributed by atoms with Gasteiger partial charge >= 0.3 is 0 Å². The van der Waals surface area contributed by atoms with Gasteiger partial charge in [0, 0.05) is 5.54 Å². The molecule has 0 aromatic carbocycles. The molecule has 0 spiro atoms. The highest BCUT2D eigenvalue weighted by Crippen LogP contribution is 2.37. The van der Waals surface area contributed by atoms with E-state index in [0.717, 1.165) is 17.8 Å². The maximum atomic E-state index is 3.72. The number of hydrogen-bond donors (Lipinski definition) is 1. The lowest BCUT2D eigenvalue weighted by Gasteiger charge is -2.37. The fraction of sp³-hybridized carbons (Fsp3) is 1.00. The van der Waals surface area contributed by atoms with Gasteiger partial charge in [0.2, 0.25) is 0 Å². The van der Waals surface area contributed by atoms with E-state index >= 15 is 0 Å². The molecule has 3 unspecified atom stereocenters. The van der Waals surface area contributed by atoms with Crippen LogP contribution in [0.5, 0.6) is 0 Å². The fourth-order valence-corrected chi connectivity index (χ4v) is 3.66. The Kier molecular flexibility index (Phi) is 7.08. The molecule has 0 aromatic rings. The van der Waals surface area contributed by atoms with Crippen LogP contribution >= 0.6 is 11.8 Å². The fourth-order valence-electron chi connectivity index (χ4n) is 3.12. The quantitative estimate of drug-likeness (QED) is 0.759. The van der Waals surface area contributed by atoms with E-state index in [4.69, 9.17) is 0 Å². The summed E-state index contributed by atoms with van der Waals surface area (Å²) < 4.78 is 0. The summed E-state index contributed by atoms with van der Waals surface area (Å²) in [5.41, 5.74) is 0.270. The van der Waals surface area contributed by atoms with E-state index in [1.807, 2.05) is 11.8 Å². The molecule has 0 saturated heterocycles. The molecule has 108 valence electrons. The second-order valence-electron chi connectivity index (χ2n) is 7.02. The lowest BCUT2D eigenvalue weighted by Crippen LogP contribution is -2.42. The van der Waals surface area contributed by atoms with Gasteiger partial charge < -0.3 is 5.32 Å². The minimum Gasteiger partial charge on any atom is -0.312 e. The molecule has 1 aliphatic rings. The third kappa shape index (κ3) is 5.97. The molecule has 1 fully saturated rings. The second-order valence-corrected chi connectivity index (χ2v) is 8.01. The molecule has 0 amide bonds. The van der Waals surface area contributed by atoms with Crippen LogP contribution < -0.4 is 5.32 Å². The first-order valence-corrected chi connectivity index (χ1v) is 9.09. The van der Waals surface area contributed by atoms with E-state index in [0.29, 0.717) is 0 Å². The lowest BCUT2D eigenvalue weighted by atomic mass is 9.72. The van der Waals surface area contributed by atoms with E-state index in [-0.39, 0.29) is 5.54 Å². The third-order valence-electron chi connectivity index (χ3n) is 4.41. The van der Waals surface area contributed by atoms with Gasteiger partial charge in [0.15, 0.2) is 0 Å². The van der Waals surface area contributed by atoms with Crippen LogP contribution in [-0.4, -0.2) is 24.1 Å². The van der Waals surface area contributed by atoms with Crippen LogP contribution in [0, 0.1) is 17.8 Å². The van der Waals surface area contributed by atoms with Crippen molar-refractivity contribution < 1.29 is 0 Å². The molecule has 1 saturated carbocycles. The summed E-state index contributed by atoms with van der Waals surface area (Å²) in [6.07, 6.45) is 9.43. The molecule has 0 aromatic heterocycles. The summed E-state index contributed by atoms with van der Waals surface area (Å²) in [6, 6.07) is 0. The van der Waals surface area contributed by atoms with Gasteiger partial charge in [-0.3, -0.25) is 0 Å². The zero-order chi connectivity index (χ0) is 13.6. The monoisotopic (exact) mass is 271 g/mol. The molecule has 1 N–H and O–H groups in total. The first-order valence-electron chi connectivity index (χ1n) is 7.70. The topological polar surface area (TPSA) is 12.0 Å². The van der Waals surface area contributed by atoms with Crippen molar-refractivity contribution in [3.05, 3.63) is 0 Å². The highest BCUT2D eigenvalue weighted by molar-refractivity contribution is 7.98. The number of thioether (sulfide) groups is 1. The molecule has 18 heavy (non-hydrogen) atoms. The van der Waals surface area contributed by atoms with Crippen molar-refractivity contribution in [2.75, 3.05) is 18.6 Å². The number of nitrogens with one attached hydrogen (secondary N) is 1. The molecule has 1 aliphatic carbocycles. The van der Waals surface area contributed by atoms with E-state index in [1.54, 1.807) is 0 Å². The molecule has 0 heterocycles.